The zero-order chi connectivity index (χ0) is 45.3. The Balaban J connectivity index is 0.000000187. The van der Waals surface area contributed by atoms with Gasteiger partial charge < -0.3 is 47.7 Å². The van der Waals surface area contributed by atoms with Crippen LogP contribution in [0.4, 0.5) is 0 Å². The molecule has 1 fully saturated rings. The molecule has 62 heavy (non-hydrogen) atoms. The molecular formula is C49H58BN3O9. The van der Waals surface area contributed by atoms with Crippen molar-refractivity contribution in [1.82, 2.24) is 0 Å². The molecule has 3 atom stereocenters. The van der Waals surface area contributed by atoms with Gasteiger partial charge in [-0.05, 0) is 102 Å². The Hall–Kier alpha value is -5.93. The first-order chi connectivity index (χ1) is 29.7. The number of aliphatic carboxylic acids is 1. The summed E-state index contributed by atoms with van der Waals surface area (Å²) in [4.78, 5) is 33.3. The van der Waals surface area contributed by atoms with Crippen LogP contribution in [-0.2, 0) is 11.2 Å². The fraction of sp³-hybridized carbons (Fsp3) is 0.286. The summed E-state index contributed by atoms with van der Waals surface area (Å²) in [6, 6.07) is 34.2. The maximum atomic E-state index is 13.2. The summed E-state index contributed by atoms with van der Waals surface area (Å²) >= 11 is 0. The highest BCUT2D eigenvalue weighted by Gasteiger charge is 2.23. The summed E-state index contributed by atoms with van der Waals surface area (Å²) in [5.74, 6) is -0.920. The van der Waals surface area contributed by atoms with Crippen LogP contribution in [0.5, 0.6) is 11.5 Å². The van der Waals surface area contributed by atoms with Gasteiger partial charge in [0.1, 0.15) is 23.8 Å². The summed E-state index contributed by atoms with van der Waals surface area (Å²) in [6.07, 6.45) is 9.90. The molecular weight excluding hydrogens is 785 g/mol. The van der Waals surface area contributed by atoms with E-state index in [1.807, 2.05) is 43.3 Å². The van der Waals surface area contributed by atoms with Gasteiger partial charge in [-0.15, -0.1) is 0 Å². The van der Waals surface area contributed by atoms with Gasteiger partial charge in [0, 0.05) is 17.6 Å². The number of carbonyl (C=O) groups excluding carboxylic acids is 2. The number of aliphatic hydroxyl groups excluding tert-OH is 1. The number of ketones is 1. The minimum Gasteiger partial charge on any atom is -0.507 e. The SMILES string of the molecule is C[C@H](N)C1CCCCC1.Cc1ccc(B(O)O)c(C=O)c1.N[C@@H](CO)C(=O)O.N[C@@H]1CCc2ccccc21.O=C(c1c(O)ccc2ccccc12)c1c(O)ccc2ccccc12. The largest absolute Gasteiger partial charge is 0.507 e. The lowest BCUT2D eigenvalue weighted by molar-refractivity contribution is -0.139. The predicted molar refractivity (Wildman–Crippen MR) is 246 cm³/mol. The molecule has 0 amide bonds. The van der Waals surface area contributed by atoms with Gasteiger partial charge in [0.05, 0.1) is 17.7 Å². The lowest BCUT2D eigenvalue weighted by Crippen LogP contribution is -2.33. The van der Waals surface area contributed by atoms with Crippen LogP contribution in [0, 0.1) is 12.8 Å². The Morgan fingerprint density at radius 2 is 1.29 bits per heavy atom. The highest BCUT2D eigenvalue weighted by Crippen LogP contribution is 2.35. The summed E-state index contributed by atoms with van der Waals surface area (Å²) in [5, 5.41) is 57.2. The maximum absolute atomic E-state index is 13.2. The summed E-state index contributed by atoms with van der Waals surface area (Å²) < 4.78 is 0. The fourth-order valence-corrected chi connectivity index (χ4v) is 7.48. The van der Waals surface area contributed by atoms with E-state index < -0.39 is 31.5 Å². The van der Waals surface area contributed by atoms with Crippen LogP contribution < -0.4 is 22.7 Å². The van der Waals surface area contributed by atoms with Crippen molar-refractivity contribution in [2.75, 3.05) is 6.61 Å². The van der Waals surface area contributed by atoms with Gasteiger partial charge in [-0.1, -0.05) is 122 Å². The van der Waals surface area contributed by atoms with Crippen LogP contribution in [0.15, 0.2) is 115 Å². The van der Waals surface area contributed by atoms with Gasteiger partial charge in [-0.25, -0.2) is 0 Å². The summed E-state index contributed by atoms with van der Waals surface area (Å²) in [5.41, 5.74) is 21.1. The number of hydrogen-bond donors (Lipinski definition) is 9. The molecule has 326 valence electrons. The average molecular weight is 844 g/mol. The van der Waals surface area contributed by atoms with Crippen molar-refractivity contribution in [2.45, 2.75) is 76.9 Å². The average Bonchev–Trinajstić information content (AvgIpc) is 3.66. The number of hydrogen-bond acceptors (Lipinski definition) is 11. The molecule has 0 aliphatic heterocycles. The van der Waals surface area contributed by atoms with E-state index in [0.717, 1.165) is 35.1 Å². The highest BCUT2D eigenvalue weighted by atomic mass is 16.4. The molecule has 2 aliphatic rings. The Morgan fingerprint density at radius 1 is 0.758 bits per heavy atom. The van der Waals surface area contributed by atoms with Crippen LogP contribution in [0.3, 0.4) is 0 Å². The first kappa shape index (κ1) is 48.7. The van der Waals surface area contributed by atoms with Crippen LogP contribution >= 0.6 is 0 Å². The van der Waals surface area contributed by atoms with Crippen LogP contribution in [-0.4, -0.2) is 74.3 Å². The number of benzene rings is 6. The molecule has 0 unspecified atom stereocenters. The molecule has 12 N–H and O–H groups in total. The predicted octanol–water partition coefficient (Wildman–Crippen LogP) is 6.06. The van der Waals surface area contributed by atoms with Gasteiger partial charge in [0.2, 0.25) is 5.78 Å². The topological polar surface area (TPSA) is 251 Å². The third-order valence-corrected chi connectivity index (χ3v) is 11.0. The Morgan fingerprint density at radius 3 is 1.74 bits per heavy atom. The molecule has 0 saturated heterocycles. The Kier molecular flexibility index (Phi) is 18.8. The van der Waals surface area contributed by atoms with Gasteiger partial charge in [0.15, 0.2) is 0 Å². The van der Waals surface area contributed by atoms with Crippen molar-refractivity contribution in [3.8, 4) is 11.5 Å². The van der Waals surface area contributed by atoms with Crippen LogP contribution in [0.1, 0.15) is 94.5 Å². The van der Waals surface area contributed by atoms with Crippen LogP contribution in [0.25, 0.3) is 21.5 Å². The molecule has 12 nitrogen and oxygen atoms in total. The Bertz CT molecular complexity index is 2330. The number of nitrogens with two attached hydrogens (primary N) is 3. The molecule has 8 rings (SSSR count). The number of aliphatic hydroxyl groups is 1. The third-order valence-electron chi connectivity index (χ3n) is 11.0. The zero-order valence-corrected chi connectivity index (χ0v) is 35.2. The molecule has 6 aromatic carbocycles. The number of aldehydes is 1. The molecule has 1 saturated carbocycles. The van der Waals surface area contributed by atoms with Crippen molar-refractivity contribution < 1.29 is 44.9 Å². The Labute approximate surface area is 362 Å². The normalized spacial score (nSPS) is 15.1. The quantitative estimate of drug-likeness (QED) is 0.0506. The van der Waals surface area contributed by atoms with E-state index in [0.29, 0.717) is 34.7 Å². The highest BCUT2D eigenvalue weighted by molar-refractivity contribution is 6.60. The van der Waals surface area contributed by atoms with E-state index in [-0.39, 0.29) is 28.1 Å². The number of carboxylic acids is 1. The minimum atomic E-state index is -1.58. The van der Waals surface area contributed by atoms with E-state index >= 15 is 0 Å². The van der Waals surface area contributed by atoms with Gasteiger partial charge in [-0.3, -0.25) is 14.4 Å². The molecule has 0 bridgehead atoms. The summed E-state index contributed by atoms with van der Waals surface area (Å²) in [7, 11) is -1.58. The van der Waals surface area contributed by atoms with Gasteiger partial charge in [0.25, 0.3) is 0 Å². The molecule has 0 aromatic heterocycles. The van der Waals surface area contributed by atoms with Crippen molar-refractivity contribution in [1.29, 1.82) is 0 Å². The van der Waals surface area contributed by atoms with E-state index in [1.54, 1.807) is 36.4 Å². The molecule has 0 spiro atoms. The van der Waals surface area contributed by atoms with E-state index in [1.165, 1.54) is 61.4 Å². The number of aromatic hydroxyl groups is 2. The van der Waals surface area contributed by atoms with E-state index in [2.05, 4.69) is 31.2 Å². The van der Waals surface area contributed by atoms with Crippen LogP contribution in [0.2, 0.25) is 0 Å². The monoisotopic (exact) mass is 843 g/mol. The number of carboxylic acid groups (broad SMARTS) is 1. The number of phenolic OH excluding ortho intramolecular Hbond substituents is 2. The number of fused-ring (bicyclic) bond motifs is 3. The van der Waals surface area contributed by atoms with Gasteiger partial charge >= 0.3 is 13.1 Å². The molecule has 2 aliphatic carbocycles. The third kappa shape index (κ3) is 13.3. The number of phenols is 2. The lowest BCUT2D eigenvalue weighted by Gasteiger charge is -2.24. The van der Waals surface area contributed by atoms with Crippen molar-refractivity contribution in [3.63, 3.8) is 0 Å². The van der Waals surface area contributed by atoms with Crippen molar-refractivity contribution >= 4 is 52.2 Å². The first-order valence-electron chi connectivity index (χ1n) is 20.7. The van der Waals surface area contributed by atoms with E-state index in [9.17, 15) is 24.6 Å². The first-order valence-corrected chi connectivity index (χ1v) is 20.7. The number of rotatable bonds is 7. The van der Waals surface area contributed by atoms with Crippen molar-refractivity contribution in [2.24, 2.45) is 23.1 Å². The summed E-state index contributed by atoms with van der Waals surface area (Å²) in [6.45, 7) is 3.46. The minimum absolute atomic E-state index is 0.0916. The van der Waals surface area contributed by atoms with E-state index in [4.69, 9.17) is 37.5 Å². The number of aryl methyl sites for hydroxylation is 2. The number of carbonyl (C=O) groups is 3. The second kappa shape index (κ2) is 23.9. The molecule has 0 heterocycles. The molecule has 6 aromatic rings. The van der Waals surface area contributed by atoms with Crippen molar-refractivity contribution in [3.05, 3.63) is 149 Å². The fourth-order valence-electron chi connectivity index (χ4n) is 7.48. The molecule has 0 radical (unpaired) electrons. The maximum Gasteiger partial charge on any atom is 0.489 e. The zero-order valence-electron chi connectivity index (χ0n) is 35.2. The standard InChI is InChI=1S/C21H14O3.C9H11N.C8H9BO3.C8H17N.C3H7NO3/c22-17-11-9-13-5-1-3-7-15(13)19(17)21(24)20-16-8-4-2-6-14(16)10-12-18(20)23;10-9-6-5-7-3-1-2-4-8(7)9;1-6-2-3-8(9(11)12)7(4-6)5-10;1-7(9)8-5-3-2-4-6-8;4-2(1-5)3(6)7/h1-12,22-23H;1-4,9H,5-6,10H2;2-5,11-12H,1H3;7-8H,2-6,9H2,1H3;2,5H,1,4H2,(H,6,7)/t;9-;;7-;2-/m.1.00/s1. The second-order valence-corrected chi connectivity index (χ2v) is 15.5. The second-order valence-electron chi connectivity index (χ2n) is 15.5. The molecule has 13 heteroatoms. The lowest BCUT2D eigenvalue weighted by atomic mass is 9.77. The van der Waals surface area contributed by atoms with Gasteiger partial charge in [-0.2, -0.15) is 0 Å². The smallest absolute Gasteiger partial charge is 0.489 e.